The van der Waals surface area contributed by atoms with Crippen LogP contribution in [0.1, 0.15) is 117 Å². The maximum atomic E-state index is 11.4. The number of unbranched alkanes of at least 4 members (excludes halogenated alkanes) is 13. The first-order chi connectivity index (χ1) is 13.4. The monoisotopic (exact) mass is 434 g/mol. The third kappa shape index (κ3) is 13.7. The molecule has 0 aromatic heterocycles. The van der Waals surface area contributed by atoms with E-state index in [4.69, 9.17) is 5.73 Å². The Kier molecular flexibility index (Phi) is 14.7. The highest BCUT2D eigenvalue weighted by Crippen LogP contribution is 2.24. The van der Waals surface area contributed by atoms with Gasteiger partial charge < -0.3 is 9.04 Å². The van der Waals surface area contributed by atoms with Crippen molar-refractivity contribution in [1.82, 2.24) is 0 Å². The fourth-order valence-corrected chi connectivity index (χ4v) is 4.11. The highest BCUT2D eigenvalue weighted by molar-refractivity contribution is 7.87. The largest absolute Gasteiger partial charge is 0.748 e. The van der Waals surface area contributed by atoms with Gasteiger partial charge in [-0.3, -0.25) is 5.73 Å². The van der Waals surface area contributed by atoms with Gasteiger partial charge in [0.25, 0.3) is 0 Å². The summed E-state index contributed by atoms with van der Waals surface area (Å²) < 4.78 is 33.4. The van der Waals surface area contributed by atoms with Crippen LogP contribution in [0.3, 0.4) is 0 Å². The first-order valence-electron chi connectivity index (χ1n) is 12.0. The van der Waals surface area contributed by atoms with Crippen LogP contribution >= 0.6 is 0 Å². The van der Waals surface area contributed by atoms with Gasteiger partial charge in [-0.1, -0.05) is 84.0 Å². The van der Waals surface area contributed by atoms with Crippen LogP contribution in [0.5, 0.6) is 0 Å². The molecule has 0 saturated heterocycles. The van der Waals surface area contributed by atoms with Crippen LogP contribution in [-0.2, 0) is 10.1 Å². The van der Waals surface area contributed by atoms with Crippen molar-refractivity contribution >= 4 is 10.1 Å². The zero-order valence-corrected chi connectivity index (χ0v) is 20.9. The van der Waals surface area contributed by atoms with Crippen LogP contribution < -0.4 is 5.73 Å². The maximum Gasteiger partial charge on any atom is 0.141 e. The van der Waals surface area contributed by atoms with Gasteiger partial charge in [-0.05, 0) is 26.7 Å². The molecule has 176 valence electrons. The molecule has 0 rings (SSSR count). The maximum absolute atomic E-state index is 11.4. The van der Waals surface area contributed by atoms with Crippen molar-refractivity contribution in [3.8, 4) is 0 Å². The molecule has 0 aliphatic heterocycles. The van der Waals surface area contributed by atoms with Crippen LogP contribution in [0.25, 0.3) is 0 Å². The second kappa shape index (κ2) is 14.8. The summed E-state index contributed by atoms with van der Waals surface area (Å²) in [5.74, 6) is 0. The minimum Gasteiger partial charge on any atom is -0.748 e. The van der Waals surface area contributed by atoms with E-state index in [1.165, 1.54) is 97.3 Å². The van der Waals surface area contributed by atoms with Crippen LogP contribution in [-0.4, -0.2) is 49.0 Å². The molecule has 0 amide bonds. The Morgan fingerprint density at radius 3 is 1.48 bits per heavy atom. The normalized spacial score (nSPS) is 14.3. The van der Waals surface area contributed by atoms with Gasteiger partial charge in [0.05, 0.1) is 25.4 Å². The summed E-state index contributed by atoms with van der Waals surface area (Å²) in [6.45, 7) is 6.12. The van der Waals surface area contributed by atoms with Gasteiger partial charge in [0, 0.05) is 6.42 Å². The molecule has 0 aliphatic carbocycles. The molecule has 0 aromatic carbocycles. The molecular formula is C23H50N2O3S. The highest BCUT2D eigenvalue weighted by atomic mass is 32.2. The Morgan fingerprint density at radius 2 is 1.14 bits per heavy atom. The third-order valence-corrected chi connectivity index (χ3v) is 7.88. The highest BCUT2D eigenvalue weighted by Gasteiger charge is 2.35. The lowest BCUT2D eigenvalue weighted by Gasteiger charge is -2.40. The standard InChI is InChI=1S/C23H50N2O3S/c1-6-7-8-9-10-11-12-13-14-15-16-17-18-19-20-25(4,5)22(24)21-23(2,3)29(26,27)28/h22H,6-21,24H2,1-5H3. The number of rotatable bonds is 19. The first-order valence-corrected chi connectivity index (χ1v) is 13.4. The molecule has 0 spiro atoms. The Labute approximate surface area is 182 Å². The molecule has 2 N–H and O–H groups in total. The molecule has 29 heavy (non-hydrogen) atoms. The van der Waals surface area contributed by atoms with Gasteiger partial charge in [-0.25, -0.2) is 8.42 Å². The van der Waals surface area contributed by atoms with Crippen molar-refractivity contribution < 1.29 is 17.5 Å². The number of hydrogen-bond acceptors (Lipinski definition) is 4. The second-order valence-corrected chi connectivity index (χ2v) is 12.1. The fraction of sp³-hybridized carbons (Fsp3) is 1.00. The molecule has 1 atom stereocenters. The number of nitrogens with two attached hydrogens (primary N) is 1. The Morgan fingerprint density at radius 1 is 0.793 bits per heavy atom. The molecule has 0 bridgehead atoms. The molecule has 0 aromatic rings. The van der Waals surface area contributed by atoms with Gasteiger partial charge in [0.2, 0.25) is 0 Å². The van der Waals surface area contributed by atoms with Crippen molar-refractivity contribution in [2.45, 2.75) is 128 Å². The molecule has 0 saturated carbocycles. The van der Waals surface area contributed by atoms with Gasteiger partial charge in [-0.2, -0.15) is 0 Å². The van der Waals surface area contributed by atoms with Crippen molar-refractivity contribution in [2.75, 3.05) is 20.6 Å². The molecule has 1 unspecified atom stereocenters. The van der Waals surface area contributed by atoms with E-state index >= 15 is 0 Å². The van der Waals surface area contributed by atoms with E-state index in [9.17, 15) is 13.0 Å². The lowest BCUT2D eigenvalue weighted by Crippen LogP contribution is -2.57. The second-order valence-electron chi connectivity index (χ2n) is 10.1. The first kappa shape index (κ1) is 28.8. The van der Waals surface area contributed by atoms with E-state index < -0.39 is 14.9 Å². The SMILES string of the molecule is CCCCCCCCCCCCCCCC[N+](C)(C)C(N)CC(C)(C)S(=O)(=O)[O-]. The van der Waals surface area contributed by atoms with Gasteiger partial charge in [0.1, 0.15) is 16.3 Å². The Balaban J connectivity index is 3.73. The van der Waals surface area contributed by atoms with E-state index in [1.807, 2.05) is 14.1 Å². The van der Waals surface area contributed by atoms with E-state index in [1.54, 1.807) is 0 Å². The molecule has 6 heteroatoms. The summed E-state index contributed by atoms with van der Waals surface area (Å²) in [6, 6.07) is 0. The topological polar surface area (TPSA) is 83.2 Å². The van der Waals surface area contributed by atoms with Gasteiger partial charge >= 0.3 is 0 Å². The van der Waals surface area contributed by atoms with Crippen molar-refractivity contribution in [2.24, 2.45) is 5.73 Å². The molecule has 0 fully saturated rings. The summed E-state index contributed by atoms with van der Waals surface area (Å²) in [4.78, 5) is 0. The van der Waals surface area contributed by atoms with E-state index in [2.05, 4.69) is 6.92 Å². The molecular weight excluding hydrogens is 384 g/mol. The Bertz CT molecular complexity index is 504. The summed E-state index contributed by atoms with van der Waals surface area (Å²) in [7, 11) is -0.291. The van der Waals surface area contributed by atoms with Gasteiger partial charge in [0.15, 0.2) is 0 Å². The number of hydrogen-bond donors (Lipinski definition) is 1. The average Bonchev–Trinajstić information content (AvgIpc) is 2.60. The minimum atomic E-state index is -4.35. The predicted octanol–water partition coefficient (Wildman–Crippen LogP) is 5.54. The summed E-state index contributed by atoms with van der Waals surface area (Å²) in [5, 5.41) is 0. The molecule has 0 radical (unpaired) electrons. The van der Waals surface area contributed by atoms with E-state index in [0.717, 1.165) is 13.0 Å². The molecule has 0 heterocycles. The smallest absolute Gasteiger partial charge is 0.141 e. The van der Waals surface area contributed by atoms with Gasteiger partial charge in [-0.15, -0.1) is 0 Å². The lowest BCUT2D eigenvalue weighted by molar-refractivity contribution is -0.915. The lowest BCUT2D eigenvalue weighted by atomic mass is 10.0. The fourth-order valence-electron chi connectivity index (χ4n) is 3.73. The summed E-state index contributed by atoms with van der Waals surface area (Å²) in [6.07, 6.45) is 18.5. The molecule has 0 aliphatic rings. The zero-order chi connectivity index (χ0) is 22.4. The minimum absolute atomic E-state index is 0.185. The van der Waals surface area contributed by atoms with E-state index in [0.29, 0.717) is 4.48 Å². The van der Waals surface area contributed by atoms with Crippen LogP contribution in [0.15, 0.2) is 0 Å². The van der Waals surface area contributed by atoms with Crippen molar-refractivity contribution in [3.63, 3.8) is 0 Å². The quantitative estimate of drug-likeness (QED) is 0.125. The zero-order valence-electron chi connectivity index (χ0n) is 20.0. The predicted molar refractivity (Wildman–Crippen MR) is 124 cm³/mol. The van der Waals surface area contributed by atoms with Crippen molar-refractivity contribution in [1.29, 1.82) is 0 Å². The number of quaternary nitrogens is 1. The van der Waals surface area contributed by atoms with E-state index in [-0.39, 0.29) is 12.6 Å². The Hall–Kier alpha value is -0.170. The summed E-state index contributed by atoms with van der Waals surface area (Å²) in [5.41, 5.74) is 6.26. The average molecular weight is 435 g/mol. The molecule has 5 nitrogen and oxygen atoms in total. The van der Waals surface area contributed by atoms with Crippen molar-refractivity contribution in [3.05, 3.63) is 0 Å². The number of nitrogens with zero attached hydrogens (tertiary/aromatic N) is 1. The van der Waals surface area contributed by atoms with Crippen LogP contribution in [0.2, 0.25) is 0 Å². The summed E-state index contributed by atoms with van der Waals surface area (Å²) >= 11 is 0. The van der Waals surface area contributed by atoms with Crippen LogP contribution in [0.4, 0.5) is 0 Å². The van der Waals surface area contributed by atoms with Crippen LogP contribution in [0, 0.1) is 0 Å². The third-order valence-electron chi connectivity index (χ3n) is 6.36.